The molecule has 0 amide bonds. The summed E-state index contributed by atoms with van der Waals surface area (Å²) in [5.41, 5.74) is 0. The minimum atomic E-state index is -4.15. The van der Waals surface area contributed by atoms with Crippen LogP contribution in [0.25, 0.3) is 0 Å². The van der Waals surface area contributed by atoms with Gasteiger partial charge in [0.25, 0.3) is 0 Å². The van der Waals surface area contributed by atoms with Gasteiger partial charge in [-0.25, -0.2) is 0 Å². The molecule has 3 atom stereocenters. The van der Waals surface area contributed by atoms with E-state index >= 15 is 0 Å². The summed E-state index contributed by atoms with van der Waals surface area (Å²) in [6.07, 6.45) is 0.335. The van der Waals surface area contributed by atoms with Crippen molar-refractivity contribution in [2.45, 2.75) is 25.2 Å². The lowest BCUT2D eigenvalue weighted by Gasteiger charge is -2.19. The lowest BCUT2D eigenvalue weighted by molar-refractivity contribution is -0.0344. The SMILES string of the molecule is CCO[C@H]1[C@@H](OC)CO[C@@H]1/C=C/P(=O)(O)O. The van der Waals surface area contributed by atoms with Crippen LogP contribution in [-0.2, 0) is 18.8 Å². The van der Waals surface area contributed by atoms with Gasteiger partial charge in [-0.1, -0.05) is 0 Å². The van der Waals surface area contributed by atoms with Crippen LogP contribution in [-0.4, -0.2) is 48.4 Å². The van der Waals surface area contributed by atoms with E-state index in [1.54, 1.807) is 7.11 Å². The second kappa shape index (κ2) is 5.91. The Balaban J connectivity index is 2.65. The van der Waals surface area contributed by atoms with Crippen LogP contribution in [0.15, 0.2) is 11.9 Å². The number of methoxy groups -OCH3 is 1. The Morgan fingerprint density at radius 1 is 1.56 bits per heavy atom. The average Bonchev–Trinajstić information content (AvgIpc) is 2.57. The second-order valence-electron chi connectivity index (χ2n) is 3.42. The van der Waals surface area contributed by atoms with Crippen molar-refractivity contribution in [1.29, 1.82) is 0 Å². The van der Waals surface area contributed by atoms with Crippen LogP contribution < -0.4 is 0 Å². The molecule has 0 aromatic rings. The van der Waals surface area contributed by atoms with Crippen molar-refractivity contribution >= 4 is 7.60 Å². The molecule has 0 radical (unpaired) electrons. The maximum absolute atomic E-state index is 10.7. The van der Waals surface area contributed by atoms with E-state index in [4.69, 9.17) is 24.0 Å². The van der Waals surface area contributed by atoms with Gasteiger partial charge in [0.05, 0.1) is 6.61 Å². The third-order valence-electron chi connectivity index (χ3n) is 2.27. The highest BCUT2D eigenvalue weighted by molar-refractivity contribution is 7.55. The standard InChI is InChI=1S/C9H17O6P/c1-3-14-9-7(4-5-16(10,11)12)15-6-8(9)13-2/h4-5,7-9H,3,6H2,1-2H3,(H2,10,11,12)/b5-4+/t7-,8+,9-/m1/s1. The van der Waals surface area contributed by atoms with Gasteiger partial charge in [-0.15, -0.1) is 0 Å². The molecule has 0 saturated carbocycles. The summed E-state index contributed by atoms with van der Waals surface area (Å²) >= 11 is 0. The molecule has 1 rings (SSSR count). The Morgan fingerprint density at radius 3 is 2.75 bits per heavy atom. The number of hydrogen-bond donors (Lipinski definition) is 2. The van der Waals surface area contributed by atoms with Crippen LogP contribution in [0, 0.1) is 0 Å². The molecule has 2 N–H and O–H groups in total. The van der Waals surface area contributed by atoms with Gasteiger partial charge in [-0.2, -0.15) is 0 Å². The van der Waals surface area contributed by atoms with Gasteiger partial charge in [-0.05, 0) is 13.0 Å². The highest BCUT2D eigenvalue weighted by Gasteiger charge is 2.36. The quantitative estimate of drug-likeness (QED) is 0.693. The molecule has 1 saturated heterocycles. The molecule has 16 heavy (non-hydrogen) atoms. The zero-order valence-electron chi connectivity index (χ0n) is 9.28. The van der Waals surface area contributed by atoms with E-state index in [9.17, 15) is 4.57 Å². The molecule has 7 heteroatoms. The van der Waals surface area contributed by atoms with E-state index in [2.05, 4.69) is 0 Å². The van der Waals surface area contributed by atoms with E-state index in [0.717, 1.165) is 5.82 Å². The number of ether oxygens (including phenoxy) is 3. The first-order valence-corrected chi connectivity index (χ1v) is 6.66. The van der Waals surface area contributed by atoms with Gasteiger partial charge in [-0.3, -0.25) is 4.57 Å². The Labute approximate surface area is 94.4 Å². The summed E-state index contributed by atoms with van der Waals surface area (Å²) < 4.78 is 26.6. The zero-order chi connectivity index (χ0) is 12.2. The first kappa shape index (κ1) is 13.8. The van der Waals surface area contributed by atoms with Gasteiger partial charge in [0, 0.05) is 19.5 Å². The molecule has 0 spiro atoms. The van der Waals surface area contributed by atoms with Crippen molar-refractivity contribution in [2.24, 2.45) is 0 Å². The van der Waals surface area contributed by atoms with Crippen LogP contribution in [0.4, 0.5) is 0 Å². The van der Waals surface area contributed by atoms with Crippen molar-refractivity contribution in [3.05, 3.63) is 11.9 Å². The summed E-state index contributed by atoms with van der Waals surface area (Å²) in [5.74, 6) is 0.835. The summed E-state index contributed by atoms with van der Waals surface area (Å²) in [7, 11) is -2.60. The Bertz CT molecular complexity index is 286. The smallest absolute Gasteiger partial charge is 0.348 e. The van der Waals surface area contributed by atoms with Gasteiger partial charge in [0.1, 0.15) is 18.3 Å². The molecule has 94 valence electrons. The molecular weight excluding hydrogens is 235 g/mol. The highest BCUT2D eigenvalue weighted by atomic mass is 31.2. The maximum Gasteiger partial charge on any atom is 0.348 e. The number of hydrogen-bond acceptors (Lipinski definition) is 4. The van der Waals surface area contributed by atoms with Gasteiger partial charge in [0.15, 0.2) is 0 Å². The fourth-order valence-electron chi connectivity index (χ4n) is 1.57. The molecule has 1 aliphatic heterocycles. The summed E-state index contributed by atoms with van der Waals surface area (Å²) in [5, 5.41) is 0. The van der Waals surface area contributed by atoms with Crippen LogP contribution in [0.1, 0.15) is 6.92 Å². The third-order valence-corrected chi connectivity index (χ3v) is 2.84. The van der Waals surface area contributed by atoms with E-state index in [-0.39, 0.29) is 12.2 Å². The highest BCUT2D eigenvalue weighted by Crippen LogP contribution is 2.37. The minimum Gasteiger partial charge on any atom is -0.376 e. The molecular formula is C9H17O6P. The van der Waals surface area contributed by atoms with Crippen LogP contribution >= 0.6 is 7.60 Å². The van der Waals surface area contributed by atoms with Gasteiger partial charge in [0.2, 0.25) is 0 Å². The van der Waals surface area contributed by atoms with Crippen LogP contribution in [0.5, 0.6) is 0 Å². The van der Waals surface area contributed by atoms with E-state index in [1.165, 1.54) is 6.08 Å². The van der Waals surface area contributed by atoms with E-state index < -0.39 is 13.7 Å². The molecule has 0 aromatic heterocycles. The molecule has 0 bridgehead atoms. The average molecular weight is 252 g/mol. The van der Waals surface area contributed by atoms with Crippen LogP contribution in [0.3, 0.4) is 0 Å². The largest absolute Gasteiger partial charge is 0.376 e. The monoisotopic (exact) mass is 252 g/mol. The van der Waals surface area contributed by atoms with Gasteiger partial charge >= 0.3 is 7.60 Å². The first-order chi connectivity index (χ1) is 7.48. The summed E-state index contributed by atoms with van der Waals surface area (Å²) in [4.78, 5) is 17.4. The van der Waals surface area contributed by atoms with Crippen molar-refractivity contribution < 1.29 is 28.6 Å². The van der Waals surface area contributed by atoms with E-state index in [1.807, 2.05) is 6.92 Å². The predicted octanol–water partition coefficient (Wildman–Crippen LogP) is 0.497. The van der Waals surface area contributed by atoms with Crippen molar-refractivity contribution in [2.75, 3.05) is 20.3 Å². The fraction of sp³-hybridized carbons (Fsp3) is 0.778. The second-order valence-corrected chi connectivity index (χ2v) is 4.90. The summed E-state index contributed by atoms with van der Waals surface area (Å²) in [6.45, 7) is 2.69. The topological polar surface area (TPSA) is 85.2 Å². The molecule has 6 nitrogen and oxygen atoms in total. The lowest BCUT2D eigenvalue weighted by Crippen LogP contribution is -2.33. The molecule has 0 aromatic carbocycles. The molecule has 1 aliphatic rings. The Morgan fingerprint density at radius 2 is 2.25 bits per heavy atom. The molecule has 0 aliphatic carbocycles. The van der Waals surface area contributed by atoms with E-state index in [0.29, 0.717) is 13.2 Å². The number of rotatable bonds is 5. The Hall–Kier alpha value is -0.230. The molecule has 1 heterocycles. The fourth-order valence-corrected chi connectivity index (χ4v) is 1.96. The molecule has 1 fully saturated rings. The Kier molecular flexibility index (Phi) is 5.11. The summed E-state index contributed by atoms with van der Waals surface area (Å²) in [6, 6.07) is 0. The van der Waals surface area contributed by atoms with Crippen molar-refractivity contribution in [3.63, 3.8) is 0 Å². The third kappa shape index (κ3) is 3.97. The van der Waals surface area contributed by atoms with Crippen LogP contribution in [0.2, 0.25) is 0 Å². The maximum atomic E-state index is 10.7. The zero-order valence-corrected chi connectivity index (χ0v) is 10.2. The van der Waals surface area contributed by atoms with Crippen molar-refractivity contribution in [1.82, 2.24) is 0 Å². The predicted molar refractivity (Wildman–Crippen MR) is 57.1 cm³/mol. The normalized spacial score (nSPS) is 31.4. The van der Waals surface area contributed by atoms with Gasteiger partial charge < -0.3 is 24.0 Å². The minimum absolute atomic E-state index is 0.202. The lowest BCUT2D eigenvalue weighted by atomic mass is 10.1. The first-order valence-electron chi connectivity index (χ1n) is 4.98. The van der Waals surface area contributed by atoms with Crippen molar-refractivity contribution in [3.8, 4) is 0 Å². The molecule has 0 unspecified atom stereocenters.